The number of cyclic esters (lactones) is 1. The van der Waals surface area contributed by atoms with Crippen LogP contribution in [0.5, 0.6) is 5.75 Å². The molecule has 6 nitrogen and oxygen atoms in total. The molecule has 0 spiro atoms. The van der Waals surface area contributed by atoms with Gasteiger partial charge >= 0.3 is 17.9 Å². The van der Waals surface area contributed by atoms with Crippen LogP contribution in [0.25, 0.3) is 0 Å². The Morgan fingerprint density at radius 2 is 1.79 bits per heavy atom. The largest absolute Gasteiger partial charge is 0.465 e. The fourth-order valence-corrected chi connectivity index (χ4v) is 2.42. The van der Waals surface area contributed by atoms with Gasteiger partial charge in [-0.05, 0) is 35.9 Å². The van der Waals surface area contributed by atoms with E-state index in [1.165, 1.54) is 31.4 Å². The molecule has 6 heteroatoms. The first-order chi connectivity index (χ1) is 11.6. The van der Waals surface area contributed by atoms with Crippen molar-refractivity contribution >= 4 is 17.9 Å². The van der Waals surface area contributed by atoms with Gasteiger partial charge in [0.25, 0.3) is 0 Å². The minimum Gasteiger partial charge on any atom is -0.465 e. The summed E-state index contributed by atoms with van der Waals surface area (Å²) in [6.07, 6.45) is -0.728. The van der Waals surface area contributed by atoms with Crippen LogP contribution in [0.2, 0.25) is 0 Å². The second kappa shape index (κ2) is 6.54. The normalized spacial score (nSPS) is 15.9. The zero-order valence-corrected chi connectivity index (χ0v) is 12.9. The van der Waals surface area contributed by atoms with Crippen LogP contribution in [0, 0.1) is 0 Å². The molecule has 3 rings (SSSR count). The monoisotopic (exact) mass is 326 g/mol. The van der Waals surface area contributed by atoms with Crippen molar-refractivity contribution in [1.82, 2.24) is 0 Å². The molecule has 0 amide bonds. The molecular weight excluding hydrogens is 312 g/mol. The van der Waals surface area contributed by atoms with Crippen molar-refractivity contribution in [2.75, 3.05) is 7.11 Å². The number of benzene rings is 2. The maximum absolute atomic E-state index is 12.2. The lowest BCUT2D eigenvalue weighted by Crippen LogP contribution is -2.36. The molecule has 24 heavy (non-hydrogen) atoms. The summed E-state index contributed by atoms with van der Waals surface area (Å²) in [5.41, 5.74) is 1.55. The van der Waals surface area contributed by atoms with E-state index in [2.05, 4.69) is 4.74 Å². The Balaban J connectivity index is 1.70. The summed E-state index contributed by atoms with van der Waals surface area (Å²) in [6, 6.07) is 12.9. The van der Waals surface area contributed by atoms with E-state index in [1.54, 1.807) is 24.3 Å². The molecule has 0 saturated carbocycles. The summed E-state index contributed by atoms with van der Waals surface area (Å²) < 4.78 is 14.9. The van der Waals surface area contributed by atoms with Gasteiger partial charge in [-0.3, -0.25) is 0 Å². The first kappa shape index (κ1) is 15.7. The third-order valence-corrected chi connectivity index (χ3v) is 3.65. The lowest BCUT2D eigenvalue weighted by Gasteiger charge is -2.23. The number of carbonyl (C=O) groups excluding carboxylic acids is 3. The molecule has 0 fully saturated rings. The molecule has 1 heterocycles. The van der Waals surface area contributed by atoms with Gasteiger partial charge in [-0.2, -0.15) is 0 Å². The van der Waals surface area contributed by atoms with Gasteiger partial charge in [0.15, 0.2) is 0 Å². The SMILES string of the molecule is COC(=O)c1ccc(OC(=O)[C@H]2Cc3ccccc3C(=O)O2)cc1. The maximum atomic E-state index is 12.2. The topological polar surface area (TPSA) is 78.9 Å². The number of fused-ring (bicyclic) bond motifs is 1. The Bertz CT molecular complexity index is 793. The Labute approximate surface area is 137 Å². The highest BCUT2D eigenvalue weighted by Crippen LogP contribution is 2.22. The molecule has 0 saturated heterocycles. The number of hydrogen-bond donors (Lipinski definition) is 0. The van der Waals surface area contributed by atoms with Gasteiger partial charge in [0.1, 0.15) is 5.75 Å². The number of methoxy groups -OCH3 is 1. The smallest absolute Gasteiger partial charge is 0.353 e. The Morgan fingerprint density at radius 3 is 2.50 bits per heavy atom. The van der Waals surface area contributed by atoms with E-state index in [0.29, 0.717) is 11.1 Å². The summed E-state index contributed by atoms with van der Waals surface area (Å²) in [4.78, 5) is 35.5. The van der Waals surface area contributed by atoms with Gasteiger partial charge in [-0.25, -0.2) is 14.4 Å². The summed E-state index contributed by atoms with van der Waals surface area (Å²) in [7, 11) is 1.28. The molecule has 0 aromatic heterocycles. The molecule has 1 aliphatic rings. The van der Waals surface area contributed by atoms with Crippen molar-refractivity contribution in [3.63, 3.8) is 0 Å². The van der Waals surface area contributed by atoms with Crippen molar-refractivity contribution in [3.05, 3.63) is 65.2 Å². The van der Waals surface area contributed by atoms with Crippen molar-refractivity contribution < 1.29 is 28.6 Å². The fourth-order valence-electron chi connectivity index (χ4n) is 2.42. The van der Waals surface area contributed by atoms with Crippen molar-refractivity contribution in [1.29, 1.82) is 0 Å². The standard InChI is InChI=1S/C18H14O6/c1-22-16(19)11-6-8-13(9-7-11)23-18(21)15-10-12-4-2-3-5-14(12)17(20)24-15/h2-9,15H,10H2,1H3/t15-/m1/s1. The third-order valence-electron chi connectivity index (χ3n) is 3.65. The van der Waals surface area contributed by atoms with E-state index >= 15 is 0 Å². The zero-order valence-electron chi connectivity index (χ0n) is 12.9. The minimum absolute atomic E-state index is 0.252. The first-order valence-electron chi connectivity index (χ1n) is 7.27. The van der Waals surface area contributed by atoms with Crippen LogP contribution in [0.3, 0.4) is 0 Å². The van der Waals surface area contributed by atoms with E-state index in [9.17, 15) is 14.4 Å². The highest BCUT2D eigenvalue weighted by molar-refractivity contribution is 5.95. The van der Waals surface area contributed by atoms with E-state index in [4.69, 9.17) is 9.47 Å². The molecule has 122 valence electrons. The van der Waals surface area contributed by atoms with Crippen LogP contribution < -0.4 is 4.74 Å². The molecule has 0 radical (unpaired) electrons. The summed E-state index contributed by atoms with van der Waals surface area (Å²) in [5, 5.41) is 0. The van der Waals surface area contributed by atoms with Crippen LogP contribution in [-0.4, -0.2) is 31.1 Å². The summed E-state index contributed by atoms with van der Waals surface area (Å²) in [6.45, 7) is 0. The van der Waals surface area contributed by atoms with Crippen LogP contribution in [0.4, 0.5) is 0 Å². The second-order valence-corrected chi connectivity index (χ2v) is 5.19. The number of ether oxygens (including phenoxy) is 3. The van der Waals surface area contributed by atoms with Gasteiger partial charge in [0, 0.05) is 6.42 Å². The molecule has 2 aromatic carbocycles. The van der Waals surface area contributed by atoms with Crippen molar-refractivity contribution in [3.8, 4) is 5.75 Å². The van der Waals surface area contributed by atoms with Gasteiger partial charge in [0.05, 0.1) is 18.2 Å². The van der Waals surface area contributed by atoms with Gasteiger partial charge in [-0.15, -0.1) is 0 Å². The van der Waals surface area contributed by atoms with E-state index in [-0.39, 0.29) is 12.2 Å². The molecule has 0 aliphatic carbocycles. The molecule has 0 bridgehead atoms. The van der Waals surface area contributed by atoms with Gasteiger partial charge in [0.2, 0.25) is 6.10 Å². The summed E-state index contributed by atoms with van der Waals surface area (Å²) in [5.74, 6) is -1.43. The van der Waals surface area contributed by atoms with Crippen molar-refractivity contribution in [2.24, 2.45) is 0 Å². The van der Waals surface area contributed by atoms with Gasteiger partial charge in [-0.1, -0.05) is 18.2 Å². The van der Waals surface area contributed by atoms with E-state index in [1.807, 2.05) is 0 Å². The highest BCUT2D eigenvalue weighted by Gasteiger charge is 2.32. The van der Waals surface area contributed by atoms with E-state index < -0.39 is 24.0 Å². The Morgan fingerprint density at radius 1 is 1.08 bits per heavy atom. The molecule has 2 aromatic rings. The quantitative estimate of drug-likeness (QED) is 0.635. The molecular formula is C18H14O6. The van der Waals surface area contributed by atoms with Crippen LogP contribution in [0.1, 0.15) is 26.3 Å². The molecule has 1 atom stereocenters. The number of esters is 3. The number of hydrogen-bond acceptors (Lipinski definition) is 6. The van der Waals surface area contributed by atoms with Gasteiger partial charge < -0.3 is 14.2 Å². The zero-order chi connectivity index (χ0) is 17.1. The first-order valence-corrected chi connectivity index (χ1v) is 7.27. The third kappa shape index (κ3) is 3.12. The Kier molecular flexibility index (Phi) is 4.29. The number of rotatable bonds is 3. The van der Waals surface area contributed by atoms with E-state index in [0.717, 1.165) is 5.56 Å². The summed E-state index contributed by atoms with van der Waals surface area (Å²) >= 11 is 0. The number of carbonyl (C=O) groups is 3. The molecule has 0 unspecified atom stereocenters. The predicted molar refractivity (Wildman–Crippen MR) is 82.8 cm³/mol. The van der Waals surface area contributed by atoms with Crippen LogP contribution in [-0.2, 0) is 20.7 Å². The minimum atomic E-state index is -0.993. The molecule has 0 N–H and O–H groups in total. The predicted octanol–water partition coefficient (Wildman–Crippen LogP) is 2.16. The van der Waals surface area contributed by atoms with Crippen LogP contribution >= 0.6 is 0 Å². The lowest BCUT2D eigenvalue weighted by atomic mass is 9.99. The fraction of sp³-hybridized carbons (Fsp3) is 0.167. The highest BCUT2D eigenvalue weighted by atomic mass is 16.6. The lowest BCUT2D eigenvalue weighted by molar-refractivity contribution is -0.144. The van der Waals surface area contributed by atoms with Crippen molar-refractivity contribution in [2.45, 2.75) is 12.5 Å². The average molecular weight is 326 g/mol. The van der Waals surface area contributed by atoms with Crippen LogP contribution in [0.15, 0.2) is 48.5 Å². The molecule has 1 aliphatic heterocycles. The maximum Gasteiger partial charge on any atom is 0.353 e. The Hall–Kier alpha value is -3.15. The average Bonchev–Trinajstić information content (AvgIpc) is 2.61. The second-order valence-electron chi connectivity index (χ2n) is 5.19.